The molecule has 0 unspecified atom stereocenters. The van der Waals surface area contributed by atoms with E-state index >= 15 is 0 Å². The van der Waals surface area contributed by atoms with Crippen LogP contribution in [0.5, 0.6) is 0 Å². The van der Waals surface area contributed by atoms with Gasteiger partial charge in [-0.15, -0.1) is 0 Å². The lowest BCUT2D eigenvalue weighted by atomic mass is 10.1. The molecule has 5 nitrogen and oxygen atoms in total. The molecule has 1 saturated heterocycles. The van der Waals surface area contributed by atoms with E-state index in [-0.39, 0.29) is 12.4 Å². The highest BCUT2D eigenvalue weighted by Crippen LogP contribution is 2.21. The molecule has 0 amide bonds. The average molecular weight is 299 g/mol. The standard InChI is InChI=1S/C14H21NO4S/c1-14(2)11-15(6-7-19-14)20(17,18)10-13-5-3-4-12(8-13)9-16/h3-5,8,16H,6-7,9-11H2,1-2H3. The zero-order valence-corrected chi connectivity index (χ0v) is 12.7. The fourth-order valence-corrected chi connectivity index (χ4v) is 3.97. The van der Waals surface area contributed by atoms with Gasteiger partial charge in [-0.25, -0.2) is 8.42 Å². The van der Waals surface area contributed by atoms with E-state index in [1.807, 2.05) is 13.8 Å². The summed E-state index contributed by atoms with van der Waals surface area (Å²) in [5, 5.41) is 9.10. The number of benzene rings is 1. The van der Waals surface area contributed by atoms with Gasteiger partial charge in [0.25, 0.3) is 0 Å². The van der Waals surface area contributed by atoms with Crippen molar-refractivity contribution >= 4 is 10.0 Å². The second-order valence-electron chi connectivity index (χ2n) is 5.68. The first kappa shape index (κ1) is 15.4. The Kier molecular flexibility index (Phi) is 4.49. The number of ether oxygens (including phenoxy) is 1. The molecular weight excluding hydrogens is 278 g/mol. The Morgan fingerprint density at radius 3 is 2.70 bits per heavy atom. The number of hydrogen-bond donors (Lipinski definition) is 1. The summed E-state index contributed by atoms with van der Waals surface area (Å²) in [6.07, 6.45) is 0. The van der Waals surface area contributed by atoms with Crippen LogP contribution in [0.4, 0.5) is 0 Å². The molecule has 6 heteroatoms. The van der Waals surface area contributed by atoms with Gasteiger partial charge in [-0.3, -0.25) is 0 Å². The van der Waals surface area contributed by atoms with Crippen molar-refractivity contribution in [3.63, 3.8) is 0 Å². The molecule has 1 aromatic carbocycles. The molecule has 1 aliphatic heterocycles. The van der Waals surface area contributed by atoms with Crippen molar-refractivity contribution < 1.29 is 18.3 Å². The number of sulfonamides is 1. The van der Waals surface area contributed by atoms with Crippen LogP contribution in [0.2, 0.25) is 0 Å². The van der Waals surface area contributed by atoms with Crippen LogP contribution < -0.4 is 0 Å². The predicted molar refractivity (Wildman–Crippen MR) is 76.6 cm³/mol. The molecule has 0 saturated carbocycles. The number of aliphatic hydroxyl groups is 1. The topological polar surface area (TPSA) is 66.8 Å². The van der Waals surface area contributed by atoms with E-state index < -0.39 is 15.6 Å². The highest BCUT2D eigenvalue weighted by molar-refractivity contribution is 7.88. The number of morpholine rings is 1. The van der Waals surface area contributed by atoms with Crippen LogP contribution in [-0.2, 0) is 27.1 Å². The molecule has 112 valence electrons. The monoisotopic (exact) mass is 299 g/mol. The third kappa shape index (κ3) is 3.79. The predicted octanol–water partition coefficient (Wildman–Crippen LogP) is 1.12. The Labute approximate surface area is 120 Å². The van der Waals surface area contributed by atoms with Crippen LogP contribution in [0.25, 0.3) is 0 Å². The molecule has 1 aliphatic rings. The van der Waals surface area contributed by atoms with Gasteiger partial charge in [0.05, 0.1) is 24.6 Å². The third-order valence-electron chi connectivity index (χ3n) is 3.31. The Bertz CT molecular complexity index is 568. The summed E-state index contributed by atoms with van der Waals surface area (Å²) in [6.45, 7) is 4.88. The molecule has 0 aliphatic carbocycles. The van der Waals surface area contributed by atoms with Crippen molar-refractivity contribution in [3.05, 3.63) is 35.4 Å². The van der Waals surface area contributed by atoms with Gasteiger partial charge in [0.15, 0.2) is 0 Å². The van der Waals surface area contributed by atoms with Crippen molar-refractivity contribution in [1.82, 2.24) is 4.31 Å². The number of aliphatic hydroxyl groups excluding tert-OH is 1. The minimum atomic E-state index is -3.36. The third-order valence-corrected chi connectivity index (χ3v) is 5.10. The molecule has 0 spiro atoms. The minimum absolute atomic E-state index is 0.0447. The highest BCUT2D eigenvalue weighted by atomic mass is 32.2. The van der Waals surface area contributed by atoms with Gasteiger partial charge in [0.1, 0.15) is 0 Å². The smallest absolute Gasteiger partial charge is 0.218 e. The molecule has 0 radical (unpaired) electrons. The van der Waals surface area contributed by atoms with E-state index in [4.69, 9.17) is 9.84 Å². The van der Waals surface area contributed by atoms with E-state index in [2.05, 4.69) is 0 Å². The van der Waals surface area contributed by atoms with Gasteiger partial charge in [-0.1, -0.05) is 24.3 Å². The van der Waals surface area contributed by atoms with Crippen LogP contribution >= 0.6 is 0 Å². The number of hydrogen-bond acceptors (Lipinski definition) is 4. The quantitative estimate of drug-likeness (QED) is 0.905. The summed E-state index contributed by atoms with van der Waals surface area (Å²) in [5.41, 5.74) is 0.971. The fraction of sp³-hybridized carbons (Fsp3) is 0.571. The Balaban J connectivity index is 2.14. The molecular formula is C14H21NO4S. The summed E-state index contributed by atoms with van der Waals surface area (Å²) in [6, 6.07) is 7.03. The van der Waals surface area contributed by atoms with Crippen molar-refractivity contribution in [3.8, 4) is 0 Å². The summed E-state index contributed by atoms with van der Waals surface area (Å²) < 4.78 is 31.9. The molecule has 20 heavy (non-hydrogen) atoms. The first-order valence-corrected chi connectivity index (χ1v) is 8.24. The van der Waals surface area contributed by atoms with Crippen LogP contribution in [0.3, 0.4) is 0 Å². The SMILES string of the molecule is CC1(C)CN(S(=O)(=O)Cc2cccc(CO)c2)CCO1. The van der Waals surface area contributed by atoms with Gasteiger partial charge < -0.3 is 9.84 Å². The first-order valence-electron chi connectivity index (χ1n) is 6.63. The second kappa shape index (κ2) is 5.81. The van der Waals surface area contributed by atoms with E-state index in [1.165, 1.54) is 4.31 Å². The van der Waals surface area contributed by atoms with Crippen molar-refractivity contribution in [2.75, 3.05) is 19.7 Å². The zero-order valence-electron chi connectivity index (χ0n) is 11.9. The summed E-state index contributed by atoms with van der Waals surface area (Å²) in [4.78, 5) is 0. The zero-order chi connectivity index (χ0) is 14.8. The second-order valence-corrected chi connectivity index (χ2v) is 7.64. The number of rotatable bonds is 4. The van der Waals surface area contributed by atoms with Gasteiger partial charge in [-0.2, -0.15) is 4.31 Å². The Morgan fingerprint density at radius 2 is 2.05 bits per heavy atom. The first-order chi connectivity index (χ1) is 9.32. The maximum atomic E-state index is 12.5. The molecule has 0 bridgehead atoms. The minimum Gasteiger partial charge on any atom is -0.392 e. The Morgan fingerprint density at radius 1 is 1.35 bits per heavy atom. The summed E-state index contributed by atoms with van der Waals surface area (Å²) in [5.74, 6) is -0.0447. The maximum absolute atomic E-state index is 12.5. The molecule has 0 atom stereocenters. The maximum Gasteiger partial charge on any atom is 0.218 e. The van der Waals surface area contributed by atoms with Crippen molar-refractivity contribution in [1.29, 1.82) is 0 Å². The Hall–Kier alpha value is -0.950. The number of nitrogens with zero attached hydrogens (tertiary/aromatic N) is 1. The molecule has 1 aromatic rings. The largest absolute Gasteiger partial charge is 0.392 e. The lowest BCUT2D eigenvalue weighted by Gasteiger charge is -2.37. The summed E-state index contributed by atoms with van der Waals surface area (Å²) >= 11 is 0. The van der Waals surface area contributed by atoms with Gasteiger partial charge in [0.2, 0.25) is 10.0 Å². The molecule has 1 heterocycles. The molecule has 1 fully saturated rings. The van der Waals surface area contributed by atoms with E-state index in [1.54, 1.807) is 24.3 Å². The van der Waals surface area contributed by atoms with Crippen LogP contribution in [0.15, 0.2) is 24.3 Å². The lowest BCUT2D eigenvalue weighted by molar-refractivity contribution is -0.0640. The molecule has 2 rings (SSSR count). The molecule has 0 aromatic heterocycles. The lowest BCUT2D eigenvalue weighted by Crippen LogP contribution is -2.50. The fourth-order valence-electron chi connectivity index (χ4n) is 2.33. The van der Waals surface area contributed by atoms with Gasteiger partial charge in [0, 0.05) is 13.1 Å². The van der Waals surface area contributed by atoms with E-state index in [0.29, 0.717) is 25.3 Å². The van der Waals surface area contributed by atoms with Crippen LogP contribution in [-0.4, -0.2) is 43.1 Å². The highest BCUT2D eigenvalue weighted by Gasteiger charge is 2.33. The van der Waals surface area contributed by atoms with Gasteiger partial charge in [-0.05, 0) is 25.0 Å². The van der Waals surface area contributed by atoms with Crippen LogP contribution in [0, 0.1) is 0 Å². The van der Waals surface area contributed by atoms with Gasteiger partial charge >= 0.3 is 0 Å². The summed E-state index contributed by atoms with van der Waals surface area (Å²) in [7, 11) is -3.36. The molecule has 1 N–H and O–H groups in total. The average Bonchev–Trinajstić information content (AvgIpc) is 2.37. The van der Waals surface area contributed by atoms with Crippen LogP contribution in [0.1, 0.15) is 25.0 Å². The van der Waals surface area contributed by atoms with E-state index in [0.717, 1.165) is 5.56 Å². The van der Waals surface area contributed by atoms with E-state index in [9.17, 15) is 8.42 Å². The normalized spacial score (nSPS) is 19.9. The van der Waals surface area contributed by atoms with Crippen molar-refractivity contribution in [2.45, 2.75) is 31.8 Å². The van der Waals surface area contributed by atoms with Crippen molar-refractivity contribution in [2.24, 2.45) is 0 Å².